The molecule has 1 aliphatic carbocycles. The molecule has 0 aliphatic heterocycles. The van der Waals surface area contributed by atoms with Crippen molar-refractivity contribution < 1.29 is 13.8 Å². The molecular formula is C14H17NO3S. The highest BCUT2D eigenvalue weighted by atomic mass is 32.2. The third-order valence-corrected chi connectivity index (χ3v) is 4.59. The molecule has 1 saturated carbocycles. The number of rotatable bonds is 6. The Kier molecular flexibility index (Phi) is 4.47. The van der Waals surface area contributed by atoms with Gasteiger partial charge in [-0.2, -0.15) is 0 Å². The van der Waals surface area contributed by atoms with Crippen molar-refractivity contribution in [1.82, 2.24) is 5.32 Å². The first-order chi connectivity index (χ1) is 9.08. The van der Waals surface area contributed by atoms with Gasteiger partial charge in [0.25, 0.3) is 0 Å². The molecule has 0 bridgehead atoms. The van der Waals surface area contributed by atoms with Crippen molar-refractivity contribution >= 4 is 22.5 Å². The first-order valence-corrected chi connectivity index (χ1v) is 7.72. The maximum absolute atomic E-state index is 12.1. The summed E-state index contributed by atoms with van der Waals surface area (Å²) in [4.78, 5) is 23.6. The summed E-state index contributed by atoms with van der Waals surface area (Å²) in [7, 11) is -1.48. The van der Waals surface area contributed by atoms with E-state index in [2.05, 4.69) is 5.32 Å². The van der Waals surface area contributed by atoms with Gasteiger partial charge in [0, 0.05) is 22.4 Å². The minimum Gasteiger partial charge on any atom is -0.353 e. The fraction of sp³-hybridized carbons (Fsp3) is 0.429. The highest BCUT2D eigenvalue weighted by Crippen LogP contribution is 2.18. The van der Waals surface area contributed by atoms with Gasteiger partial charge < -0.3 is 5.32 Å². The van der Waals surface area contributed by atoms with Crippen molar-refractivity contribution in [2.24, 2.45) is 0 Å². The van der Waals surface area contributed by atoms with Gasteiger partial charge in [-0.05, 0) is 19.8 Å². The Bertz CT molecular complexity index is 497. The summed E-state index contributed by atoms with van der Waals surface area (Å²) in [6.07, 6.45) is 1.99. The molecule has 0 aromatic heterocycles. The summed E-state index contributed by atoms with van der Waals surface area (Å²) in [6.45, 7) is 1.61. The number of benzene rings is 1. The molecule has 19 heavy (non-hydrogen) atoms. The zero-order valence-corrected chi connectivity index (χ0v) is 11.6. The van der Waals surface area contributed by atoms with Gasteiger partial charge in [0.2, 0.25) is 5.91 Å². The average molecular weight is 279 g/mol. The molecule has 1 fully saturated rings. The van der Waals surface area contributed by atoms with E-state index in [1.54, 1.807) is 31.2 Å². The zero-order chi connectivity index (χ0) is 13.8. The van der Waals surface area contributed by atoms with Crippen molar-refractivity contribution in [3.05, 3.63) is 35.9 Å². The minimum absolute atomic E-state index is 0.101. The molecule has 1 N–H and O–H groups in total. The highest BCUT2D eigenvalue weighted by molar-refractivity contribution is 7.87. The number of hydrogen-bond donors (Lipinski definition) is 1. The fourth-order valence-corrected chi connectivity index (χ4v) is 2.67. The molecule has 4 nitrogen and oxygen atoms in total. The Balaban J connectivity index is 1.90. The Morgan fingerprint density at radius 3 is 2.53 bits per heavy atom. The third kappa shape index (κ3) is 3.99. The van der Waals surface area contributed by atoms with Crippen molar-refractivity contribution in [2.45, 2.75) is 31.1 Å². The molecule has 1 amide bonds. The van der Waals surface area contributed by atoms with E-state index in [-0.39, 0.29) is 23.5 Å². The molecule has 0 radical (unpaired) electrons. The molecule has 2 rings (SSSR count). The van der Waals surface area contributed by atoms with Gasteiger partial charge in [-0.3, -0.25) is 13.8 Å². The molecule has 0 spiro atoms. The van der Waals surface area contributed by atoms with Gasteiger partial charge in [0.15, 0.2) is 5.78 Å². The van der Waals surface area contributed by atoms with Crippen LogP contribution in [0.4, 0.5) is 0 Å². The van der Waals surface area contributed by atoms with Gasteiger partial charge in [-0.15, -0.1) is 0 Å². The van der Waals surface area contributed by atoms with Gasteiger partial charge in [-0.1, -0.05) is 30.3 Å². The average Bonchev–Trinajstić information content (AvgIpc) is 3.21. The SMILES string of the molecule is CC(C(=O)c1ccccc1)S(=O)CC(=O)NC1CC1. The maximum Gasteiger partial charge on any atom is 0.232 e. The van der Waals surface area contributed by atoms with Crippen LogP contribution in [0.3, 0.4) is 0 Å². The van der Waals surface area contributed by atoms with E-state index >= 15 is 0 Å². The number of nitrogens with one attached hydrogen (secondary N) is 1. The first-order valence-electron chi connectivity index (χ1n) is 6.33. The highest BCUT2D eigenvalue weighted by Gasteiger charge is 2.27. The monoisotopic (exact) mass is 279 g/mol. The lowest BCUT2D eigenvalue weighted by molar-refractivity contribution is -0.118. The molecule has 0 heterocycles. The van der Waals surface area contributed by atoms with Crippen LogP contribution < -0.4 is 5.32 Å². The second-order valence-corrected chi connectivity index (χ2v) is 6.50. The molecule has 1 aromatic carbocycles. The predicted molar refractivity (Wildman–Crippen MR) is 74.4 cm³/mol. The van der Waals surface area contributed by atoms with Crippen LogP contribution >= 0.6 is 0 Å². The Morgan fingerprint density at radius 2 is 1.95 bits per heavy atom. The van der Waals surface area contributed by atoms with Crippen LogP contribution in [0.1, 0.15) is 30.1 Å². The van der Waals surface area contributed by atoms with Crippen molar-refractivity contribution in [3.8, 4) is 0 Å². The van der Waals surface area contributed by atoms with Crippen LogP contribution in [-0.4, -0.2) is 32.9 Å². The minimum atomic E-state index is -1.48. The summed E-state index contributed by atoms with van der Waals surface area (Å²) in [6, 6.07) is 9.00. The second-order valence-electron chi connectivity index (χ2n) is 4.74. The van der Waals surface area contributed by atoms with Crippen molar-refractivity contribution in [3.63, 3.8) is 0 Å². The Labute approximate surface area is 115 Å². The largest absolute Gasteiger partial charge is 0.353 e. The predicted octanol–water partition coefficient (Wildman–Crippen LogP) is 1.29. The Morgan fingerprint density at radius 1 is 1.32 bits per heavy atom. The summed E-state index contributed by atoms with van der Waals surface area (Å²) in [5.41, 5.74) is 0.533. The molecule has 1 aromatic rings. The lowest BCUT2D eigenvalue weighted by Gasteiger charge is -2.10. The zero-order valence-electron chi connectivity index (χ0n) is 10.8. The van der Waals surface area contributed by atoms with E-state index in [9.17, 15) is 13.8 Å². The molecule has 2 atom stereocenters. The van der Waals surface area contributed by atoms with E-state index < -0.39 is 16.0 Å². The van der Waals surface area contributed by atoms with Gasteiger partial charge in [0.1, 0.15) is 5.75 Å². The van der Waals surface area contributed by atoms with E-state index in [0.717, 1.165) is 12.8 Å². The van der Waals surface area contributed by atoms with Crippen LogP contribution in [0.5, 0.6) is 0 Å². The summed E-state index contributed by atoms with van der Waals surface area (Å²) in [5.74, 6) is -0.511. The van der Waals surface area contributed by atoms with E-state index in [4.69, 9.17) is 0 Å². The summed E-state index contributed by atoms with van der Waals surface area (Å²) >= 11 is 0. The topological polar surface area (TPSA) is 63.2 Å². The lowest BCUT2D eigenvalue weighted by atomic mass is 10.1. The van der Waals surface area contributed by atoms with Crippen LogP contribution in [0.15, 0.2) is 30.3 Å². The second kappa shape index (κ2) is 6.10. The molecule has 102 valence electrons. The van der Waals surface area contributed by atoms with Crippen LogP contribution in [0.2, 0.25) is 0 Å². The van der Waals surface area contributed by atoms with Gasteiger partial charge in [-0.25, -0.2) is 0 Å². The number of amides is 1. The van der Waals surface area contributed by atoms with E-state index in [1.807, 2.05) is 6.07 Å². The summed E-state index contributed by atoms with van der Waals surface area (Å²) < 4.78 is 12.0. The molecule has 0 saturated heterocycles. The van der Waals surface area contributed by atoms with Crippen LogP contribution in [0, 0.1) is 0 Å². The fourth-order valence-electron chi connectivity index (χ4n) is 1.71. The van der Waals surface area contributed by atoms with Gasteiger partial charge >= 0.3 is 0 Å². The van der Waals surface area contributed by atoms with E-state index in [1.165, 1.54) is 0 Å². The molecule has 2 unspecified atom stereocenters. The number of carbonyl (C=O) groups excluding carboxylic acids is 2. The molecular weight excluding hydrogens is 262 g/mol. The number of Topliss-reactive ketones (excluding diaryl/α,β-unsaturated/α-hetero) is 1. The summed E-state index contributed by atoms with van der Waals surface area (Å²) in [5, 5.41) is 2.12. The van der Waals surface area contributed by atoms with E-state index in [0.29, 0.717) is 5.56 Å². The smallest absolute Gasteiger partial charge is 0.232 e. The molecule has 5 heteroatoms. The number of hydrogen-bond acceptors (Lipinski definition) is 3. The van der Waals surface area contributed by atoms with Gasteiger partial charge in [0.05, 0.1) is 5.25 Å². The van der Waals surface area contributed by atoms with Crippen LogP contribution in [-0.2, 0) is 15.6 Å². The lowest BCUT2D eigenvalue weighted by Crippen LogP contribution is -2.34. The Hall–Kier alpha value is -1.49. The van der Waals surface area contributed by atoms with Crippen molar-refractivity contribution in [2.75, 3.05) is 5.75 Å². The van der Waals surface area contributed by atoms with Crippen molar-refractivity contribution in [1.29, 1.82) is 0 Å². The quantitative estimate of drug-likeness (QED) is 0.798. The van der Waals surface area contributed by atoms with Crippen LogP contribution in [0.25, 0.3) is 0 Å². The maximum atomic E-state index is 12.1. The molecule has 1 aliphatic rings. The first kappa shape index (κ1) is 13.9. The standard InChI is InChI=1S/C14H17NO3S/c1-10(14(17)11-5-3-2-4-6-11)19(18)9-13(16)15-12-7-8-12/h2-6,10,12H,7-9H2,1H3,(H,15,16). The third-order valence-electron chi connectivity index (χ3n) is 3.04. The number of ketones is 1. The normalized spacial score (nSPS) is 17.5. The number of carbonyl (C=O) groups is 2.